The van der Waals surface area contributed by atoms with Crippen LogP contribution in [0.1, 0.15) is 84.4 Å². The van der Waals surface area contributed by atoms with E-state index in [1.165, 1.54) is 33.2 Å². The van der Waals surface area contributed by atoms with E-state index in [4.69, 9.17) is 0 Å². The van der Waals surface area contributed by atoms with Crippen molar-refractivity contribution in [3.05, 3.63) is 102 Å². The number of nitrogens with one attached hydrogen (secondary N) is 2. The van der Waals surface area contributed by atoms with Gasteiger partial charge in [-0.3, -0.25) is 23.3 Å². The summed E-state index contributed by atoms with van der Waals surface area (Å²) in [5.41, 5.74) is 2.16. The van der Waals surface area contributed by atoms with Crippen LogP contribution in [0.4, 0.5) is 21.6 Å². The number of nitrogens with zero attached hydrogens (tertiary/aromatic N) is 3. The Hall–Kier alpha value is -4.40. The summed E-state index contributed by atoms with van der Waals surface area (Å²) in [6, 6.07) is 11.8. The van der Waals surface area contributed by atoms with E-state index in [1.807, 2.05) is 45.9 Å². The molecular weight excluding hydrogens is 557 g/mol. The first-order valence-electron chi connectivity index (χ1n) is 15.5. The highest BCUT2D eigenvalue weighted by atomic mass is 19.1. The Morgan fingerprint density at radius 2 is 1.66 bits per heavy atom. The van der Waals surface area contributed by atoms with Crippen LogP contribution in [0.15, 0.2) is 68.6 Å². The first-order valence-corrected chi connectivity index (χ1v) is 15.5. The molecule has 4 aromatic rings. The summed E-state index contributed by atoms with van der Waals surface area (Å²) in [7, 11) is 1.53. The molecule has 2 aromatic carbocycles. The van der Waals surface area contributed by atoms with Crippen LogP contribution in [0.2, 0.25) is 0 Å². The molecule has 44 heavy (non-hydrogen) atoms. The minimum atomic E-state index is -0.513. The molecule has 2 N–H and O–H groups in total. The number of rotatable bonds is 7. The van der Waals surface area contributed by atoms with E-state index in [0.29, 0.717) is 18.5 Å². The van der Waals surface area contributed by atoms with Crippen LogP contribution < -0.4 is 27.4 Å². The number of benzene rings is 2. The summed E-state index contributed by atoms with van der Waals surface area (Å²) in [6.07, 6.45) is 5.60. The van der Waals surface area contributed by atoms with Crippen LogP contribution >= 0.6 is 0 Å². The Morgan fingerprint density at radius 1 is 1.00 bits per heavy atom. The maximum Gasteiger partial charge on any atom is 0.336 e. The highest BCUT2D eigenvalue weighted by Gasteiger charge is 2.31. The lowest BCUT2D eigenvalue weighted by Crippen LogP contribution is -2.41. The largest absolute Gasteiger partial charge is 0.359 e. The second kappa shape index (κ2) is 14.9. The molecule has 0 radical (unpaired) electrons. The molecule has 0 bridgehead atoms. The van der Waals surface area contributed by atoms with Crippen LogP contribution in [0.5, 0.6) is 0 Å². The molecule has 9 heteroatoms. The zero-order chi connectivity index (χ0) is 32.7. The second-order valence-corrected chi connectivity index (χ2v) is 10.9. The van der Waals surface area contributed by atoms with Crippen molar-refractivity contribution in [1.82, 2.24) is 13.7 Å². The number of allylic oxidation sites excluding steroid dienone is 2. The fourth-order valence-electron chi connectivity index (χ4n) is 5.01. The standard InChI is InChI=1S/C30H32FN5O3.C3H8.C2H6/c1-6-8-18(3)32-20-9-7-10-22(16-20)35-26-19(4)28(37)34(5)27(33-24-14-11-17(2)15-23(24)31)25(26)29(38)36(30(35)39)21-12-13-21;1-3-2;1-2/h7-11,14-16,21,32-33H,6,12-13H2,1-5H3;3H2,1-2H3;1-2H3/b18-8+;;. The van der Waals surface area contributed by atoms with Crippen LogP contribution in [0.25, 0.3) is 16.6 Å². The molecule has 0 saturated heterocycles. The lowest BCUT2D eigenvalue weighted by atomic mass is 10.1. The summed E-state index contributed by atoms with van der Waals surface area (Å²) in [5, 5.41) is 6.48. The van der Waals surface area contributed by atoms with Gasteiger partial charge in [-0.25, -0.2) is 9.18 Å². The molecule has 0 unspecified atom stereocenters. The van der Waals surface area contributed by atoms with Gasteiger partial charge in [-0.1, -0.05) is 59.2 Å². The monoisotopic (exact) mass is 603 g/mol. The molecule has 1 aliphatic rings. The van der Waals surface area contributed by atoms with E-state index in [1.54, 1.807) is 32.0 Å². The summed E-state index contributed by atoms with van der Waals surface area (Å²) in [5.74, 6) is -0.381. The number of pyridine rings is 1. The Balaban J connectivity index is 0.000000997. The highest BCUT2D eigenvalue weighted by molar-refractivity contribution is 5.93. The summed E-state index contributed by atoms with van der Waals surface area (Å²) >= 11 is 0. The molecule has 0 aliphatic heterocycles. The lowest BCUT2D eigenvalue weighted by Gasteiger charge is -2.21. The van der Waals surface area contributed by atoms with Crippen LogP contribution in [0, 0.1) is 19.7 Å². The quantitative estimate of drug-likeness (QED) is 0.225. The first-order chi connectivity index (χ1) is 21.0. The third-order valence-electron chi connectivity index (χ3n) is 7.09. The van der Waals surface area contributed by atoms with Gasteiger partial charge in [-0.05, 0) is 75.9 Å². The lowest BCUT2D eigenvalue weighted by molar-refractivity contribution is 0.630. The van der Waals surface area contributed by atoms with Gasteiger partial charge >= 0.3 is 5.69 Å². The van der Waals surface area contributed by atoms with Crippen molar-refractivity contribution in [2.45, 2.75) is 87.1 Å². The highest BCUT2D eigenvalue weighted by Crippen LogP contribution is 2.34. The molecule has 8 nitrogen and oxygen atoms in total. The smallest absolute Gasteiger partial charge is 0.336 e. The number of anilines is 3. The van der Waals surface area contributed by atoms with E-state index in [-0.39, 0.29) is 34.0 Å². The maximum absolute atomic E-state index is 14.9. The van der Waals surface area contributed by atoms with E-state index in [9.17, 15) is 18.8 Å². The van der Waals surface area contributed by atoms with Crippen LogP contribution in [-0.2, 0) is 7.05 Å². The Morgan fingerprint density at radius 3 is 2.25 bits per heavy atom. The van der Waals surface area contributed by atoms with Gasteiger partial charge in [0.05, 0.1) is 16.9 Å². The van der Waals surface area contributed by atoms with Crippen molar-refractivity contribution in [2.75, 3.05) is 10.6 Å². The van der Waals surface area contributed by atoms with Gasteiger partial charge < -0.3 is 10.6 Å². The van der Waals surface area contributed by atoms with Crippen molar-refractivity contribution in [1.29, 1.82) is 0 Å². The molecule has 236 valence electrons. The minimum absolute atomic E-state index is 0.125. The summed E-state index contributed by atoms with van der Waals surface area (Å²) in [4.78, 5) is 41.3. The van der Waals surface area contributed by atoms with Crippen LogP contribution in [0.3, 0.4) is 0 Å². The number of fused-ring (bicyclic) bond motifs is 1. The van der Waals surface area contributed by atoms with Gasteiger partial charge in [0.25, 0.3) is 11.1 Å². The van der Waals surface area contributed by atoms with E-state index < -0.39 is 22.6 Å². The molecule has 1 aliphatic carbocycles. The topological polar surface area (TPSA) is 90.1 Å². The Bertz CT molecular complexity index is 1840. The van der Waals surface area contributed by atoms with Crippen molar-refractivity contribution in [3.63, 3.8) is 0 Å². The number of halogens is 1. The molecule has 0 amide bonds. The van der Waals surface area contributed by atoms with E-state index in [2.05, 4.69) is 30.6 Å². The fourth-order valence-corrected chi connectivity index (χ4v) is 5.01. The number of hydrogen-bond donors (Lipinski definition) is 2. The fraction of sp³-hybridized carbons (Fsp3) is 0.400. The molecule has 1 fully saturated rings. The van der Waals surface area contributed by atoms with Crippen molar-refractivity contribution in [3.8, 4) is 5.69 Å². The molecule has 2 heterocycles. The van der Waals surface area contributed by atoms with Gasteiger partial charge in [0, 0.05) is 30.0 Å². The van der Waals surface area contributed by atoms with Gasteiger partial charge in [0.1, 0.15) is 17.0 Å². The van der Waals surface area contributed by atoms with E-state index >= 15 is 0 Å². The number of hydrogen-bond acceptors (Lipinski definition) is 5. The molecule has 2 aromatic heterocycles. The molecule has 5 rings (SSSR count). The maximum atomic E-state index is 14.9. The number of aromatic nitrogens is 3. The van der Waals surface area contributed by atoms with Gasteiger partial charge in [-0.2, -0.15) is 0 Å². The average Bonchev–Trinajstić information content (AvgIpc) is 3.82. The van der Waals surface area contributed by atoms with Gasteiger partial charge in [0.2, 0.25) is 0 Å². The molecule has 1 saturated carbocycles. The Kier molecular flexibility index (Phi) is 11.5. The normalized spacial score (nSPS) is 12.6. The first kappa shape index (κ1) is 34.1. The zero-order valence-electron chi connectivity index (χ0n) is 27.5. The van der Waals surface area contributed by atoms with Crippen molar-refractivity contribution < 1.29 is 4.39 Å². The molecular formula is C35H46FN5O3. The summed E-state index contributed by atoms with van der Waals surface area (Å²) in [6.45, 7) is 15.6. The average molecular weight is 604 g/mol. The zero-order valence-corrected chi connectivity index (χ0v) is 27.5. The van der Waals surface area contributed by atoms with Crippen molar-refractivity contribution >= 4 is 28.1 Å². The minimum Gasteiger partial charge on any atom is -0.359 e. The Labute approximate surface area is 258 Å². The third-order valence-corrected chi connectivity index (χ3v) is 7.09. The number of aryl methyl sites for hydroxylation is 2. The molecule has 0 atom stereocenters. The van der Waals surface area contributed by atoms with Gasteiger partial charge in [0.15, 0.2) is 0 Å². The SMILES string of the molecule is CC.CC/C=C(\C)Nc1cccc(-n2c(=O)n(C3CC3)c(=O)c3c(Nc4ccc(C)cc4F)n(C)c(=O)c(C)c32)c1.CCC. The second-order valence-electron chi connectivity index (χ2n) is 10.9. The van der Waals surface area contributed by atoms with E-state index in [0.717, 1.165) is 23.4 Å². The van der Waals surface area contributed by atoms with Gasteiger partial charge in [-0.15, -0.1) is 0 Å². The van der Waals surface area contributed by atoms with Crippen LogP contribution in [-0.4, -0.2) is 13.7 Å². The predicted molar refractivity (Wildman–Crippen MR) is 181 cm³/mol. The molecule has 0 spiro atoms. The summed E-state index contributed by atoms with van der Waals surface area (Å²) < 4.78 is 18.9. The third kappa shape index (κ3) is 7.04. The predicted octanol–water partition coefficient (Wildman–Crippen LogP) is 7.85. The van der Waals surface area contributed by atoms with Crippen molar-refractivity contribution in [2.24, 2.45) is 7.05 Å².